The fraction of sp³-hybridized carbons (Fsp3) is 0.444. The number of ether oxygens (including phenoxy) is 1. The van der Waals surface area contributed by atoms with E-state index in [1.807, 2.05) is 43.0 Å². The number of aromatic nitrogens is 2. The first-order chi connectivity index (χ1) is 11.7. The number of aliphatic imine (C=N–C) groups is 1. The van der Waals surface area contributed by atoms with Crippen LogP contribution < -0.4 is 10.1 Å². The maximum Gasteiger partial charge on any atom is 0.194 e. The second-order valence-corrected chi connectivity index (χ2v) is 5.44. The fourth-order valence-electron chi connectivity index (χ4n) is 2.37. The molecule has 0 aliphatic heterocycles. The van der Waals surface area contributed by atoms with Crippen molar-refractivity contribution in [1.29, 1.82) is 0 Å². The fourth-order valence-corrected chi connectivity index (χ4v) is 2.37. The van der Waals surface area contributed by atoms with E-state index < -0.39 is 0 Å². The molecule has 0 amide bonds. The van der Waals surface area contributed by atoms with Crippen LogP contribution in [0.1, 0.15) is 19.4 Å². The zero-order chi connectivity index (χ0) is 17.2. The molecule has 6 heteroatoms. The van der Waals surface area contributed by atoms with Crippen LogP contribution in [-0.2, 0) is 13.1 Å². The van der Waals surface area contributed by atoms with E-state index >= 15 is 0 Å². The molecule has 0 saturated heterocycles. The Morgan fingerprint density at radius 3 is 2.71 bits per heavy atom. The first-order valence-electron chi connectivity index (χ1n) is 8.41. The van der Waals surface area contributed by atoms with Gasteiger partial charge in [-0.3, -0.25) is 9.67 Å². The molecule has 0 unspecified atom stereocenters. The van der Waals surface area contributed by atoms with Crippen LogP contribution in [0.15, 0.2) is 47.7 Å². The quantitative estimate of drug-likeness (QED) is 0.597. The zero-order valence-electron chi connectivity index (χ0n) is 14.8. The minimum Gasteiger partial charge on any atom is -0.494 e. The minimum atomic E-state index is 0.687. The van der Waals surface area contributed by atoms with Gasteiger partial charge in [0.1, 0.15) is 5.75 Å². The van der Waals surface area contributed by atoms with Crippen molar-refractivity contribution in [3.05, 3.63) is 48.3 Å². The summed E-state index contributed by atoms with van der Waals surface area (Å²) in [4.78, 5) is 6.80. The topological polar surface area (TPSA) is 54.7 Å². The minimum absolute atomic E-state index is 0.687. The third kappa shape index (κ3) is 5.61. The van der Waals surface area contributed by atoms with Crippen molar-refractivity contribution in [2.45, 2.75) is 26.9 Å². The van der Waals surface area contributed by atoms with Gasteiger partial charge >= 0.3 is 0 Å². The van der Waals surface area contributed by atoms with Gasteiger partial charge in [-0.1, -0.05) is 12.1 Å². The number of hydrogen-bond acceptors (Lipinski definition) is 3. The van der Waals surface area contributed by atoms with E-state index in [2.05, 4.69) is 39.4 Å². The molecular formula is C18H27N5O. The molecule has 24 heavy (non-hydrogen) atoms. The van der Waals surface area contributed by atoms with E-state index in [0.29, 0.717) is 13.2 Å². The van der Waals surface area contributed by atoms with Crippen LogP contribution in [0.25, 0.3) is 0 Å². The van der Waals surface area contributed by atoms with Crippen LogP contribution in [0.3, 0.4) is 0 Å². The van der Waals surface area contributed by atoms with Crippen molar-refractivity contribution in [2.24, 2.45) is 4.99 Å². The highest BCUT2D eigenvalue weighted by atomic mass is 16.5. The summed E-state index contributed by atoms with van der Waals surface area (Å²) in [5.74, 6) is 1.81. The van der Waals surface area contributed by atoms with E-state index in [0.717, 1.165) is 31.3 Å². The van der Waals surface area contributed by atoms with Gasteiger partial charge in [-0.25, -0.2) is 0 Å². The Balaban J connectivity index is 1.93. The lowest BCUT2D eigenvalue weighted by Gasteiger charge is -2.22. The Morgan fingerprint density at radius 2 is 2.08 bits per heavy atom. The summed E-state index contributed by atoms with van der Waals surface area (Å²) in [6.07, 6.45) is 3.74. The second-order valence-electron chi connectivity index (χ2n) is 5.44. The molecule has 2 rings (SSSR count). The van der Waals surface area contributed by atoms with Gasteiger partial charge in [-0.2, -0.15) is 5.10 Å². The average Bonchev–Trinajstić information content (AvgIpc) is 3.09. The van der Waals surface area contributed by atoms with Crippen LogP contribution in [-0.4, -0.2) is 47.4 Å². The van der Waals surface area contributed by atoms with E-state index in [1.54, 1.807) is 6.20 Å². The van der Waals surface area contributed by atoms with Gasteiger partial charge in [0.05, 0.1) is 19.7 Å². The lowest BCUT2D eigenvalue weighted by atomic mass is 10.2. The number of guanidine groups is 1. The van der Waals surface area contributed by atoms with E-state index in [1.165, 1.54) is 5.56 Å². The summed E-state index contributed by atoms with van der Waals surface area (Å²) in [5.41, 5.74) is 1.22. The van der Waals surface area contributed by atoms with Gasteiger partial charge < -0.3 is 15.0 Å². The molecule has 0 spiro atoms. The second kappa shape index (κ2) is 9.60. The summed E-state index contributed by atoms with van der Waals surface area (Å²) >= 11 is 0. The molecule has 0 fully saturated rings. The first kappa shape index (κ1) is 17.8. The van der Waals surface area contributed by atoms with Crippen LogP contribution in [0.4, 0.5) is 0 Å². The van der Waals surface area contributed by atoms with Crippen molar-refractivity contribution in [3.8, 4) is 5.75 Å². The number of hydrogen-bond donors (Lipinski definition) is 1. The molecule has 1 N–H and O–H groups in total. The number of benzene rings is 1. The number of nitrogens with one attached hydrogen (secondary N) is 1. The van der Waals surface area contributed by atoms with Gasteiger partial charge in [-0.15, -0.1) is 0 Å². The van der Waals surface area contributed by atoms with E-state index in [9.17, 15) is 0 Å². The Morgan fingerprint density at radius 1 is 1.29 bits per heavy atom. The summed E-state index contributed by atoms with van der Waals surface area (Å²) in [5, 5.41) is 7.53. The van der Waals surface area contributed by atoms with Crippen LogP contribution in [0.5, 0.6) is 5.75 Å². The lowest BCUT2D eigenvalue weighted by Crippen LogP contribution is -2.38. The molecule has 1 aromatic carbocycles. The standard InChI is InChI=1S/C18H27N5O/c1-4-19-18(20-12-14-23-13-6-11-21-23)22(3)15-16-7-9-17(10-8-16)24-5-2/h6-11,13H,4-5,12,14-15H2,1-3H3,(H,19,20). The smallest absolute Gasteiger partial charge is 0.194 e. The molecule has 0 radical (unpaired) electrons. The molecule has 0 saturated carbocycles. The molecule has 130 valence electrons. The van der Waals surface area contributed by atoms with Gasteiger partial charge in [-0.05, 0) is 37.6 Å². The lowest BCUT2D eigenvalue weighted by molar-refractivity contribution is 0.340. The molecule has 6 nitrogen and oxygen atoms in total. The molecule has 1 heterocycles. The summed E-state index contributed by atoms with van der Waals surface area (Å²) in [7, 11) is 2.05. The van der Waals surface area contributed by atoms with Gasteiger partial charge in [0.15, 0.2) is 5.96 Å². The Hall–Kier alpha value is -2.50. The van der Waals surface area contributed by atoms with Crippen LogP contribution >= 0.6 is 0 Å². The predicted octanol–water partition coefficient (Wildman–Crippen LogP) is 2.38. The van der Waals surface area contributed by atoms with E-state index in [4.69, 9.17) is 4.74 Å². The highest BCUT2D eigenvalue weighted by Crippen LogP contribution is 2.13. The average molecular weight is 329 g/mol. The van der Waals surface area contributed by atoms with Gasteiger partial charge in [0.2, 0.25) is 0 Å². The molecule has 0 aliphatic rings. The van der Waals surface area contributed by atoms with Crippen molar-refractivity contribution >= 4 is 5.96 Å². The molecule has 0 atom stereocenters. The van der Waals surface area contributed by atoms with Gasteiger partial charge in [0.25, 0.3) is 0 Å². The van der Waals surface area contributed by atoms with Crippen molar-refractivity contribution in [2.75, 3.05) is 26.7 Å². The molecule has 0 aliphatic carbocycles. The van der Waals surface area contributed by atoms with Crippen molar-refractivity contribution in [1.82, 2.24) is 20.0 Å². The monoisotopic (exact) mass is 329 g/mol. The highest BCUT2D eigenvalue weighted by Gasteiger charge is 2.06. The van der Waals surface area contributed by atoms with Gasteiger partial charge in [0, 0.05) is 32.5 Å². The Kier molecular flexibility index (Phi) is 7.14. The van der Waals surface area contributed by atoms with Crippen LogP contribution in [0.2, 0.25) is 0 Å². The molecule has 1 aromatic heterocycles. The normalized spacial score (nSPS) is 11.4. The largest absolute Gasteiger partial charge is 0.494 e. The summed E-state index contributed by atoms with van der Waals surface area (Å²) < 4.78 is 7.37. The predicted molar refractivity (Wildman–Crippen MR) is 97.3 cm³/mol. The Labute approximate surface area is 144 Å². The highest BCUT2D eigenvalue weighted by molar-refractivity contribution is 5.79. The maximum absolute atomic E-state index is 5.48. The number of rotatable bonds is 8. The molecule has 2 aromatic rings. The van der Waals surface area contributed by atoms with Crippen LogP contribution in [0, 0.1) is 0 Å². The zero-order valence-corrected chi connectivity index (χ0v) is 14.8. The summed E-state index contributed by atoms with van der Waals surface area (Å²) in [6, 6.07) is 10.1. The third-order valence-electron chi connectivity index (χ3n) is 3.50. The maximum atomic E-state index is 5.48. The SMILES string of the molecule is CCNC(=NCCn1cccn1)N(C)Cc1ccc(OCC)cc1. The van der Waals surface area contributed by atoms with Crippen molar-refractivity contribution < 1.29 is 4.74 Å². The molecule has 0 bridgehead atoms. The number of nitrogens with zero attached hydrogens (tertiary/aromatic N) is 4. The molecular weight excluding hydrogens is 302 g/mol. The van der Waals surface area contributed by atoms with Crippen molar-refractivity contribution in [3.63, 3.8) is 0 Å². The first-order valence-corrected chi connectivity index (χ1v) is 8.41. The third-order valence-corrected chi connectivity index (χ3v) is 3.50. The summed E-state index contributed by atoms with van der Waals surface area (Å²) in [6.45, 7) is 7.86. The Bertz CT molecular complexity index is 607. The van der Waals surface area contributed by atoms with E-state index in [-0.39, 0.29) is 0 Å².